The van der Waals surface area contributed by atoms with Gasteiger partial charge in [-0.2, -0.15) is 0 Å². The molecule has 106 valence electrons. The molecule has 0 saturated heterocycles. The minimum absolute atomic E-state index is 0.206. The molecule has 0 unspecified atom stereocenters. The monoisotopic (exact) mass is 274 g/mol. The maximum absolute atomic E-state index is 11.9. The van der Waals surface area contributed by atoms with Crippen LogP contribution in [0.3, 0.4) is 0 Å². The lowest BCUT2D eigenvalue weighted by Gasteiger charge is -2.12. The van der Waals surface area contributed by atoms with E-state index in [2.05, 4.69) is 18.8 Å². The molecule has 2 rings (SSSR count). The number of H-pyrrole nitrogens is 1. The zero-order chi connectivity index (χ0) is 14.9. The largest absolute Gasteiger partial charge is 0.494 e. The molecule has 0 radical (unpaired) electrons. The van der Waals surface area contributed by atoms with E-state index in [9.17, 15) is 14.7 Å². The molecular formula is C15H18N2O3. The summed E-state index contributed by atoms with van der Waals surface area (Å²) in [5, 5.41) is 10.1. The van der Waals surface area contributed by atoms with Gasteiger partial charge in [-0.15, -0.1) is 0 Å². The Morgan fingerprint density at radius 3 is 2.30 bits per heavy atom. The highest BCUT2D eigenvalue weighted by molar-refractivity contribution is 5.40. The number of aromatic hydroxyl groups is 1. The van der Waals surface area contributed by atoms with E-state index in [1.165, 1.54) is 0 Å². The predicted octanol–water partition coefficient (Wildman–Crippen LogP) is 1.92. The van der Waals surface area contributed by atoms with Gasteiger partial charge in [-0.25, -0.2) is 9.36 Å². The van der Waals surface area contributed by atoms with E-state index in [-0.39, 0.29) is 11.4 Å². The number of nitrogens with zero attached hydrogens (tertiary/aromatic N) is 1. The van der Waals surface area contributed by atoms with Gasteiger partial charge >= 0.3 is 5.69 Å². The van der Waals surface area contributed by atoms with Crippen molar-refractivity contribution >= 4 is 0 Å². The summed E-state index contributed by atoms with van der Waals surface area (Å²) in [6.07, 6.45) is 0.353. The molecule has 0 aliphatic carbocycles. The second kappa shape index (κ2) is 5.36. The van der Waals surface area contributed by atoms with Gasteiger partial charge in [0.15, 0.2) is 0 Å². The van der Waals surface area contributed by atoms with E-state index in [0.717, 1.165) is 10.1 Å². The van der Waals surface area contributed by atoms with Crippen LogP contribution in [0.5, 0.6) is 5.88 Å². The van der Waals surface area contributed by atoms with Gasteiger partial charge in [0.05, 0.1) is 11.3 Å². The van der Waals surface area contributed by atoms with Crippen LogP contribution in [0.1, 0.15) is 37.8 Å². The summed E-state index contributed by atoms with van der Waals surface area (Å²) in [6, 6.07) is 7.33. The molecule has 0 amide bonds. The first kappa shape index (κ1) is 14.1. The summed E-state index contributed by atoms with van der Waals surface area (Å²) >= 11 is 0. The fourth-order valence-electron chi connectivity index (χ4n) is 2.13. The Bertz CT molecular complexity index is 724. The first-order chi connectivity index (χ1) is 9.45. The van der Waals surface area contributed by atoms with Crippen molar-refractivity contribution in [2.75, 3.05) is 0 Å². The van der Waals surface area contributed by atoms with Crippen molar-refractivity contribution in [3.8, 4) is 11.6 Å². The van der Waals surface area contributed by atoms with E-state index in [0.29, 0.717) is 18.0 Å². The van der Waals surface area contributed by atoms with Crippen molar-refractivity contribution in [3.05, 3.63) is 56.2 Å². The highest BCUT2D eigenvalue weighted by atomic mass is 16.3. The lowest BCUT2D eigenvalue weighted by molar-refractivity contribution is 0.423. The van der Waals surface area contributed by atoms with Crippen LogP contribution in [0.2, 0.25) is 0 Å². The smallest absolute Gasteiger partial charge is 0.335 e. The lowest BCUT2D eigenvalue weighted by Crippen LogP contribution is -2.31. The van der Waals surface area contributed by atoms with Gasteiger partial charge < -0.3 is 5.11 Å². The normalized spacial score (nSPS) is 11.0. The molecule has 1 aromatic carbocycles. The molecule has 20 heavy (non-hydrogen) atoms. The summed E-state index contributed by atoms with van der Waals surface area (Å²) in [6.45, 7) is 5.91. The average molecular weight is 274 g/mol. The molecule has 0 saturated carbocycles. The Morgan fingerprint density at radius 2 is 1.80 bits per heavy atom. The lowest BCUT2D eigenvalue weighted by atomic mass is 10.0. The first-order valence-electron chi connectivity index (χ1n) is 6.63. The van der Waals surface area contributed by atoms with Gasteiger partial charge in [-0.3, -0.25) is 9.78 Å². The second-order valence-corrected chi connectivity index (χ2v) is 5.00. The number of nitrogens with one attached hydrogen (secondary N) is 1. The first-order valence-corrected chi connectivity index (χ1v) is 6.63. The van der Waals surface area contributed by atoms with Crippen LogP contribution >= 0.6 is 0 Å². The van der Waals surface area contributed by atoms with Crippen LogP contribution in [0, 0.1) is 0 Å². The Balaban J connectivity index is 2.64. The molecule has 0 aliphatic heterocycles. The Morgan fingerprint density at radius 1 is 1.20 bits per heavy atom. The van der Waals surface area contributed by atoms with E-state index in [1.807, 2.05) is 12.1 Å². The Labute approximate surface area is 116 Å². The van der Waals surface area contributed by atoms with Crippen LogP contribution in [0.4, 0.5) is 0 Å². The predicted molar refractivity (Wildman–Crippen MR) is 77.8 cm³/mol. The molecule has 2 aromatic rings. The van der Waals surface area contributed by atoms with Crippen molar-refractivity contribution in [2.24, 2.45) is 0 Å². The van der Waals surface area contributed by atoms with Crippen molar-refractivity contribution in [1.29, 1.82) is 0 Å². The van der Waals surface area contributed by atoms with Gasteiger partial charge in [0.2, 0.25) is 5.88 Å². The molecule has 2 N–H and O–H groups in total. The van der Waals surface area contributed by atoms with Crippen LogP contribution in [-0.2, 0) is 6.42 Å². The van der Waals surface area contributed by atoms with E-state index < -0.39 is 11.2 Å². The highest BCUT2D eigenvalue weighted by Gasteiger charge is 2.13. The van der Waals surface area contributed by atoms with Crippen LogP contribution < -0.4 is 11.2 Å². The zero-order valence-corrected chi connectivity index (χ0v) is 11.8. The number of aromatic amines is 1. The quantitative estimate of drug-likeness (QED) is 0.897. The molecular weight excluding hydrogens is 256 g/mol. The second-order valence-electron chi connectivity index (χ2n) is 5.00. The standard InChI is InChI=1S/C15H18N2O3/c1-4-12-13(18)16-15(20)17(14(12)19)11-7-5-10(6-8-11)9(2)3/h5-9,19H,4H2,1-3H3,(H,16,18,20). The van der Waals surface area contributed by atoms with Crippen molar-refractivity contribution < 1.29 is 5.11 Å². The minimum Gasteiger partial charge on any atom is -0.494 e. The van der Waals surface area contributed by atoms with E-state index >= 15 is 0 Å². The number of hydrogen-bond acceptors (Lipinski definition) is 3. The molecule has 0 aliphatic rings. The molecule has 5 nitrogen and oxygen atoms in total. The maximum Gasteiger partial charge on any atom is 0.335 e. The fourth-order valence-corrected chi connectivity index (χ4v) is 2.13. The van der Waals surface area contributed by atoms with Crippen molar-refractivity contribution in [3.63, 3.8) is 0 Å². The van der Waals surface area contributed by atoms with Gasteiger partial charge in [-0.1, -0.05) is 32.9 Å². The summed E-state index contributed by atoms with van der Waals surface area (Å²) in [5.41, 5.74) is 0.703. The SMILES string of the molecule is CCc1c(O)n(-c2ccc(C(C)C)cc2)c(=O)[nH]c1=O. The third-order valence-electron chi connectivity index (χ3n) is 3.35. The van der Waals surface area contributed by atoms with E-state index in [4.69, 9.17) is 0 Å². The molecule has 0 atom stereocenters. The number of aromatic nitrogens is 2. The molecule has 5 heteroatoms. The van der Waals surface area contributed by atoms with Crippen molar-refractivity contribution in [2.45, 2.75) is 33.1 Å². The fraction of sp³-hybridized carbons (Fsp3) is 0.333. The number of rotatable bonds is 3. The van der Waals surface area contributed by atoms with Crippen molar-refractivity contribution in [1.82, 2.24) is 9.55 Å². The summed E-state index contributed by atoms with van der Waals surface area (Å²) in [5.74, 6) is 0.0923. The molecule has 0 fully saturated rings. The number of hydrogen-bond donors (Lipinski definition) is 2. The summed E-state index contributed by atoms with van der Waals surface area (Å²) < 4.78 is 1.12. The van der Waals surface area contributed by atoms with Crippen LogP contribution in [-0.4, -0.2) is 14.7 Å². The minimum atomic E-state index is -0.637. The maximum atomic E-state index is 11.9. The zero-order valence-electron chi connectivity index (χ0n) is 11.8. The summed E-state index contributed by atoms with van der Waals surface area (Å²) in [7, 11) is 0. The third-order valence-corrected chi connectivity index (χ3v) is 3.35. The van der Waals surface area contributed by atoms with Gasteiger partial charge in [0.1, 0.15) is 0 Å². The topological polar surface area (TPSA) is 75.1 Å². The molecule has 0 spiro atoms. The van der Waals surface area contributed by atoms with Crippen LogP contribution in [0.25, 0.3) is 5.69 Å². The molecule has 1 aromatic heterocycles. The van der Waals surface area contributed by atoms with Gasteiger partial charge in [0.25, 0.3) is 5.56 Å². The Kier molecular flexibility index (Phi) is 3.79. The van der Waals surface area contributed by atoms with Gasteiger partial charge in [0, 0.05) is 0 Å². The third kappa shape index (κ3) is 2.39. The van der Waals surface area contributed by atoms with Crippen LogP contribution in [0.15, 0.2) is 33.9 Å². The highest BCUT2D eigenvalue weighted by Crippen LogP contribution is 2.20. The average Bonchev–Trinajstić information content (AvgIpc) is 2.39. The molecule has 1 heterocycles. The van der Waals surface area contributed by atoms with E-state index in [1.54, 1.807) is 19.1 Å². The van der Waals surface area contributed by atoms with Gasteiger partial charge in [-0.05, 0) is 30.0 Å². The summed E-state index contributed by atoms with van der Waals surface area (Å²) in [4.78, 5) is 25.7. The Hall–Kier alpha value is -2.30. The number of benzene rings is 1. The molecule has 0 bridgehead atoms.